The third kappa shape index (κ3) is 4.61. The Kier molecular flexibility index (Phi) is 6.89. The van der Waals surface area contributed by atoms with Crippen LogP contribution >= 0.6 is 0 Å². The average Bonchev–Trinajstić information content (AvgIpc) is 3.07. The second-order valence-electron chi connectivity index (χ2n) is 7.43. The van der Waals surface area contributed by atoms with Crippen molar-refractivity contribution in [1.29, 1.82) is 0 Å². The Morgan fingerprint density at radius 1 is 1.18 bits per heavy atom. The highest BCUT2D eigenvalue weighted by Gasteiger charge is 2.50. The number of hydrogen-bond acceptors (Lipinski definition) is 10. The molecular formula is C21H24N2O10. The molecule has 0 radical (unpaired) electrons. The number of methoxy groups -OCH3 is 1. The average molecular weight is 464 g/mol. The Morgan fingerprint density at radius 2 is 1.88 bits per heavy atom. The minimum atomic E-state index is -1.32. The van der Waals surface area contributed by atoms with Gasteiger partial charge in [-0.1, -0.05) is 0 Å². The molecule has 178 valence electrons. The topological polar surface area (TPSA) is 156 Å². The SMILES string of the molecule is COc1cc(O)cc(C)c1C(=O)OC1C(CO)OC(n2ccc(=O)n(C)c2=O)C1OC(C)=O. The molecule has 0 amide bonds. The minimum absolute atomic E-state index is 0.0105. The van der Waals surface area contributed by atoms with Gasteiger partial charge in [0.15, 0.2) is 18.4 Å². The lowest BCUT2D eigenvalue weighted by Gasteiger charge is -2.25. The van der Waals surface area contributed by atoms with Gasteiger partial charge in [0.1, 0.15) is 23.2 Å². The van der Waals surface area contributed by atoms with Crippen LogP contribution in [0.5, 0.6) is 11.5 Å². The fourth-order valence-electron chi connectivity index (χ4n) is 3.66. The number of carbonyl (C=O) groups is 2. The van der Waals surface area contributed by atoms with E-state index >= 15 is 0 Å². The van der Waals surface area contributed by atoms with E-state index in [0.717, 1.165) is 28.3 Å². The molecular weight excluding hydrogens is 440 g/mol. The highest BCUT2D eigenvalue weighted by Crippen LogP contribution is 2.35. The first-order valence-electron chi connectivity index (χ1n) is 9.89. The van der Waals surface area contributed by atoms with Gasteiger partial charge in [-0.3, -0.25) is 18.7 Å². The van der Waals surface area contributed by atoms with Gasteiger partial charge in [-0.05, 0) is 18.6 Å². The second-order valence-corrected chi connectivity index (χ2v) is 7.43. The number of aryl methyl sites for hydroxylation is 1. The lowest BCUT2D eigenvalue weighted by molar-refractivity contribution is -0.156. The van der Waals surface area contributed by atoms with Gasteiger partial charge in [0.25, 0.3) is 5.56 Å². The first-order chi connectivity index (χ1) is 15.6. The molecule has 33 heavy (non-hydrogen) atoms. The van der Waals surface area contributed by atoms with E-state index in [1.54, 1.807) is 6.92 Å². The molecule has 1 aliphatic rings. The molecule has 3 rings (SSSR count). The van der Waals surface area contributed by atoms with Crippen LogP contribution in [0, 0.1) is 6.92 Å². The molecule has 1 aliphatic heterocycles. The smallest absolute Gasteiger partial charge is 0.342 e. The van der Waals surface area contributed by atoms with Crippen LogP contribution in [-0.2, 0) is 26.1 Å². The fourth-order valence-corrected chi connectivity index (χ4v) is 3.66. The van der Waals surface area contributed by atoms with E-state index in [-0.39, 0.29) is 17.1 Å². The van der Waals surface area contributed by atoms with Gasteiger partial charge in [-0.15, -0.1) is 0 Å². The fraction of sp³-hybridized carbons (Fsp3) is 0.429. The van der Waals surface area contributed by atoms with Gasteiger partial charge in [0.05, 0.1) is 13.7 Å². The van der Waals surface area contributed by atoms with E-state index in [9.17, 15) is 29.4 Å². The van der Waals surface area contributed by atoms with Crippen LogP contribution in [0.3, 0.4) is 0 Å². The van der Waals surface area contributed by atoms with Crippen LogP contribution in [-0.4, -0.2) is 63.3 Å². The van der Waals surface area contributed by atoms with Gasteiger partial charge < -0.3 is 29.2 Å². The van der Waals surface area contributed by atoms with E-state index in [1.165, 1.54) is 26.3 Å². The first-order valence-corrected chi connectivity index (χ1v) is 9.89. The maximum atomic E-state index is 13.0. The number of aromatic hydroxyl groups is 1. The molecule has 1 saturated heterocycles. The third-order valence-electron chi connectivity index (χ3n) is 5.21. The lowest BCUT2D eigenvalue weighted by atomic mass is 10.1. The molecule has 12 heteroatoms. The van der Waals surface area contributed by atoms with Crippen molar-refractivity contribution in [3.05, 3.63) is 56.4 Å². The monoisotopic (exact) mass is 464 g/mol. The quantitative estimate of drug-likeness (QED) is 0.540. The summed E-state index contributed by atoms with van der Waals surface area (Å²) in [6.07, 6.45) is -3.90. The Balaban J connectivity index is 2.02. The summed E-state index contributed by atoms with van der Waals surface area (Å²) in [5, 5.41) is 19.6. The molecule has 0 spiro atoms. The van der Waals surface area contributed by atoms with Gasteiger partial charge in [-0.25, -0.2) is 9.59 Å². The van der Waals surface area contributed by atoms with Gasteiger partial charge in [0.2, 0.25) is 0 Å². The highest BCUT2D eigenvalue weighted by atomic mass is 16.6. The molecule has 12 nitrogen and oxygen atoms in total. The maximum absolute atomic E-state index is 13.0. The lowest BCUT2D eigenvalue weighted by Crippen LogP contribution is -2.44. The zero-order valence-corrected chi connectivity index (χ0v) is 18.4. The maximum Gasteiger partial charge on any atom is 0.342 e. The summed E-state index contributed by atoms with van der Waals surface area (Å²) in [6, 6.07) is 3.69. The van der Waals surface area contributed by atoms with Crippen LogP contribution in [0.1, 0.15) is 29.1 Å². The van der Waals surface area contributed by atoms with Crippen LogP contribution < -0.4 is 16.0 Å². The summed E-state index contributed by atoms with van der Waals surface area (Å²) in [5.74, 6) is -1.71. The number of hydrogen-bond donors (Lipinski definition) is 2. The molecule has 2 N–H and O–H groups in total. The van der Waals surface area contributed by atoms with E-state index < -0.39 is 54.3 Å². The van der Waals surface area contributed by atoms with Crippen molar-refractivity contribution in [1.82, 2.24) is 9.13 Å². The van der Waals surface area contributed by atoms with Crippen molar-refractivity contribution in [2.45, 2.75) is 38.4 Å². The number of phenolic OH excluding ortho intramolecular Hbond substituents is 1. The Labute approximate surface area is 187 Å². The van der Waals surface area contributed by atoms with Gasteiger partial charge in [-0.2, -0.15) is 0 Å². The number of rotatable bonds is 6. The molecule has 2 aromatic rings. The van der Waals surface area contributed by atoms with Crippen LogP contribution in [0.4, 0.5) is 0 Å². The van der Waals surface area contributed by atoms with E-state index in [2.05, 4.69) is 0 Å². The second kappa shape index (κ2) is 9.46. The van der Waals surface area contributed by atoms with Gasteiger partial charge in [0, 0.05) is 32.3 Å². The van der Waals surface area contributed by atoms with Crippen molar-refractivity contribution in [3.8, 4) is 11.5 Å². The molecule has 2 heterocycles. The number of carbonyl (C=O) groups excluding carboxylic acids is 2. The first kappa shape index (κ1) is 24.0. The number of aliphatic hydroxyl groups excluding tert-OH is 1. The van der Waals surface area contributed by atoms with Crippen molar-refractivity contribution >= 4 is 11.9 Å². The molecule has 0 aliphatic carbocycles. The summed E-state index contributed by atoms with van der Waals surface area (Å²) in [6.45, 7) is 2.06. The molecule has 0 saturated carbocycles. The molecule has 4 atom stereocenters. The normalized spacial score (nSPS) is 22.1. The molecule has 1 fully saturated rings. The van der Waals surface area contributed by atoms with Crippen LogP contribution in [0.15, 0.2) is 34.0 Å². The summed E-state index contributed by atoms with van der Waals surface area (Å²) in [7, 11) is 2.57. The number of aliphatic hydroxyl groups is 1. The van der Waals surface area contributed by atoms with Crippen molar-refractivity contribution < 1.29 is 38.7 Å². The van der Waals surface area contributed by atoms with Crippen molar-refractivity contribution in [2.75, 3.05) is 13.7 Å². The number of phenols is 1. The Morgan fingerprint density at radius 3 is 2.48 bits per heavy atom. The largest absolute Gasteiger partial charge is 0.508 e. The van der Waals surface area contributed by atoms with Crippen molar-refractivity contribution in [2.24, 2.45) is 7.05 Å². The van der Waals surface area contributed by atoms with Crippen LogP contribution in [0.2, 0.25) is 0 Å². The zero-order chi connectivity index (χ0) is 24.4. The van der Waals surface area contributed by atoms with Crippen LogP contribution in [0.25, 0.3) is 0 Å². The van der Waals surface area contributed by atoms with Gasteiger partial charge >= 0.3 is 17.6 Å². The number of benzene rings is 1. The molecule has 1 aromatic carbocycles. The summed E-state index contributed by atoms with van der Waals surface area (Å²) >= 11 is 0. The highest BCUT2D eigenvalue weighted by molar-refractivity contribution is 5.94. The number of ether oxygens (including phenoxy) is 4. The zero-order valence-electron chi connectivity index (χ0n) is 18.4. The number of esters is 2. The summed E-state index contributed by atoms with van der Waals surface area (Å²) in [4.78, 5) is 49.2. The van der Waals surface area contributed by atoms with Crippen molar-refractivity contribution in [3.63, 3.8) is 0 Å². The van der Waals surface area contributed by atoms with E-state index in [4.69, 9.17) is 18.9 Å². The Bertz CT molecular complexity index is 1180. The molecule has 4 unspecified atom stereocenters. The predicted molar refractivity (Wildman–Crippen MR) is 111 cm³/mol. The number of aromatic nitrogens is 2. The van der Waals surface area contributed by atoms with E-state index in [1.807, 2.05) is 0 Å². The molecule has 0 bridgehead atoms. The molecule has 1 aromatic heterocycles. The minimum Gasteiger partial charge on any atom is -0.508 e. The predicted octanol–water partition coefficient (Wildman–Crippen LogP) is -0.383. The van der Waals surface area contributed by atoms with E-state index in [0.29, 0.717) is 5.56 Å². The summed E-state index contributed by atoms with van der Waals surface area (Å²) < 4.78 is 23.6. The number of nitrogens with zero attached hydrogens (tertiary/aromatic N) is 2. The third-order valence-corrected chi connectivity index (χ3v) is 5.21. The summed E-state index contributed by atoms with van der Waals surface area (Å²) in [5.41, 5.74) is -0.957. The standard InChI is InChI=1S/C21H24N2O10/c1-10-7-12(26)8-13(30-4)16(10)20(28)33-17-14(9-24)32-19(18(17)31-11(2)25)23-6-5-15(27)22(3)21(23)29/h5-8,14,17-19,24,26H,9H2,1-4H3. The Hall–Kier alpha value is -3.64.